The maximum absolute atomic E-state index is 13.5. The van der Waals surface area contributed by atoms with Crippen molar-refractivity contribution in [2.24, 2.45) is 0 Å². The monoisotopic (exact) mass is 223 g/mol. The van der Waals surface area contributed by atoms with E-state index in [2.05, 4.69) is 20.3 Å². The van der Waals surface area contributed by atoms with E-state index in [1.807, 2.05) is 0 Å². The molecule has 0 spiro atoms. The number of halogens is 1. The van der Waals surface area contributed by atoms with Gasteiger partial charge in [-0.25, -0.2) is 9.18 Å². The third-order valence-electron chi connectivity index (χ3n) is 2.03. The predicted octanol–water partition coefficient (Wildman–Crippen LogP) is 2.27. The summed E-state index contributed by atoms with van der Waals surface area (Å²) >= 11 is 0. The van der Waals surface area contributed by atoms with Crippen LogP contribution >= 0.6 is 0 Å². The Morgan fingerprint density at radius 1 is 1.62 bits per heavy atom. The van der Waals surface area contributed by atoms with Crippen LogP contribution in [0.1, 0.15) is 6.92 Å². The Bertz CT molecular complexity index is 524. The molecule has 84 valence electrons. The Morgan fingerprint density at radius 2 is 2.44 bits per heavy atom. The van der Waals surface area contributed by atoms with Crippen molar-refractivity contribution >= 4 is 22.8 Å². The Hall–Kier alpha value is -2.11. The molecule has 2 aromatic rings. The standard InChI is InChI=1S/C10H10FN3O2/c1-2-16-10(15)12-9-8-6(11)4-3-5-7(8)13-14-9/h3-5H,2H2,1H3,(H2,12,13,14,15). The summed E-state index contributed by atoms with van der Waals surface area (Å²) in [5.41, 5.74) is 0.520. The highest BCUT2D eigenvalue weighted by molar-refractivity contribution is 5.97. The molecule has 1 amide bonds. The first-order valence-electron chi connectivity index (χ1n) is 4.78. The topological polar surface area (TPSA) is 67.0 Å². The van der Waals surface area contributed by atoms with Gasteiger partial charge < -0.3 is 4.74 Å². The molecular formula is C10H10FN3O2. The molecule has 5 nitrogen and oxygen atoms in total. The fourth-order valence-corrected chi connectivity index (χ4v) is 1.38. The van der Waals surface area contributed by atoms with E-state index in [9.17, 15) is 9.18 Å². The quantitative estimate of drug-likeness (QED) is 0.820. The molecule has 0 radical (unpaired) electrons. The van der Waals surface area contributed by atoms with Crippen molar-refractivity contribution in [2.45, 2.75) is 6.92 Å². The number of carbonyl (C=O) groups excluding carboxylic acids is 1. The summed E-state index contributed by atoms with van der Waals surface area (Å²) in [6.07, 6.45) is -0.654. The Kier molecular flexibility index (Phi) is 2.72. The van der Waals surface area contributed by atoms with Crippen molar-refractivity contribution < 1.29 is 13.9 Å². The van der Waals surface area contributed by atoms with Crippen molar-refractivity contribution in [2.75, 3.05) is 11.9 Å². The molecule has 0 aliphatic rings. The molecule has 1 aromatic carbocycles. The number of fused-ring (bicyclic) bond motifs is 1. The number of H-pyrrole nitrogens is 1. The molecule has 1 heterocycles. The summed E-state index contributed by atoms with van der Waals surface area (Å²) in [5.74, 6) is -0.315. The third kappa shape index (κ3) is 1.81. The van der Waals surface area contributed by atoms with E-state index in [0.717, 1.165) is 0 Å². The van der Waals surface area contributed by atoms with Crippen LogP contribution in [0.25, 0.3) is 10.9 Å². The van der Waals surface area contributed by atoms with Crippen molar-refractivity contribution in [1.29, 1.82) is 0 Å². The van der Waals surface area contributed by atoms with E-state index in [-0.39, 0.29) is 17.8 Å². The van der Waals surface area contributed by atoms with Gasteiger partial charge in [-0.1, -0.05) is 6.07 Å². The number of ether oxygens (including phenoxy) is 1. The average Bonchev–Trinajstić information content (AvgIpc) is 2.63. The molecule has 0 atom stereocenters. The van der Waals surface area contributed by atoms with Crippen LogP contribution in [0.3, 0.4) is 0 Å². The van der Waals surface area contributed by atoms with Gasteiger partial charge >= 0.3 is 6.09 Å². The Labute approximate surface area is 90.6 Å². The maximum Gasteiger partial charge on any atom is 0.412 e. The van der Waals surface area contributed by atoms with Crippen molar-refractivity contribution in [1.82, 2.24) is 10.2 Å². The molecule has 16 heavy (non-hydrogen) atoms. The van der Waals surface area contributed by atoms with Gasteiger partial charge in [-0.05, 0) is 19.1 Å². The number of hydrogen-bond acceptors (Lipinski definition) is 3. The molecule has 1 aromatic heterocycles. The number of benzene rings is 1. The summed E-state index contributed by atoms with van der Waals surface area (Å²) in [7, 11) is 0. The van der Waals surface area contributed by atoms with Gasteiger partial charge in [0.2, 0.25) is 0 Å². The highest BCUT2D eigenvalue weighted by Crippen LogP contribution is 2.23. The van der Waals surface area contributed by atoms with Gasteiger partial charge in [0.1, 0.15) is 5.82 Å². The number of nitrogens with one attached hydrogen (secondary N) is 2. The number of amides is 1. The minimum atomic E-state index is -0.654. The smallest absolute Gasteiger partial charge is 0.412 e. The van der Waals surface area contributed by atoms with Crippen LogP contribution in [-0.4, -0.2) is 22.9 Å². The number of rotatable bonds is 2. The minimum Gasteiger partial charge on any atom is -0.450 e. The lowest BCUT2D eigenvalue weighted by atomic mass is 10.2. The SMILES string of the molecule is CCOC(=O)Nc1n[nH]c2cccc(F)c12. The maximum atomic E-state index is 13.5. The molecule has 0 aliphatic carbocycles. The van der Waals surface area contributed by atoms with Gasteiger partial charge in [0.15, 0.2) is 5.82 Å². The lowest BCUT2D eigenvalue weighted by molar-refractivity contribution is 0.168. The summed E-state index contributed by atoms with van der Waals surface area (Å²) in [4.78, 5) is 11.2. The van der Waals surface area contributed by atoms with E-state index in [4.69, 9.17) is 0 Å². The number of nitrogens with zero attached hydrogens (tertiary/aromatic N) is 1. The number of anilines is 1. The van der Waals surface area contributed by atoms with E-state index in [1.54, 1.807) is 19.1 Å². The van der Waals surface area contributed by atoms with Crippen LogP contribution in [0.5, 0.6) is 0 Å². The van der Waals surface area contributed by atoms with Crippen LogP contribution in [0.15, 0.2) is 18.2 Å². The molecular weight excluding hydrogens is 213 g/mol. The summed E-state index contributed by atoms with van der Waals surface area (Å²) in [6.45, 7) is 1.93. The van der Waals surface area contributed by atoms with Crippen LogP contribution in [0.2, 0.25) is 0 Å². The zero-order valence-corrected chi connectivity index (χ0v) is 8.58. The molecule has 6 heteroatoms. The van der Waals surface area contributed by atoms with Gasteiger partial charge in [0, 0.05) is 0 Å². The largest absolute Gasteiger partial charge is 0.450 e. The van der Waals surface area contributed by atoms with Gasteiger partial charge in [-0.2, -0.15) is 5.10 Å². The van der Waals surface area contributed by atoms with Gasteiger partial charge in [-0.3, -0.25) is 10.4 Å². The lowest BCUT2D eigenvalue weighted by Gasteiger charge is -2.02. The summed E-state index contributed by atoms with van der Waals surface area (Å²) in [6, 6.07) is 4.53. The second-order valence-corrected chi connectivity index (χ2v) is 3.08. The highest BCUT2D eigenvalue weighted by Gasteiger charge is 2.12. The Morgan fingerprint density at radius 3 is 3.19 bits per heavy atom. The van der Waals surface area contributed by atoms with E-state index < -0.39 is 11.9 Å². The van der Waals surface area contributed by atoms with E-state index in [0.29, 0.717) is 5.52 Å². The van der Waals surface area contributed by atoms with Crippen molar-refractivity contribution in [3.63, 3.8) is 0 Å². The van der Waals surface area contributed by atoms with Gasteiger partial charge in [0.05, 0.1) is 17.5 Å². The van der Waals surface area contributed by atoms with Gasteiger partial charge in [0.25, 0.3) is 0 Å². The highest BCUT2D eigenvalue weighted by atomic mass is 19.1. The van der Waals surface area contributed by atoms with Crippen LogP contribution < -0.4 is 5.32 Å². The van der Waals surface area contributed by atoms with Crippen molar-refractivity contribution in [3.8, 4) is 0 Å². The minimum absolute atomic E-state index is 0.131. The molecule has 2 rings (SSSR count). The van der Waals surface area contributed by atoms with Gasteiger partial charge in [-0.15, -0.1) is 0 Å². The molecule has 0 unspecified atom stereocenters. The van der Waals surface area contributed by atoms with Crippen LogP contribution in [0.4, 0.5) is 15.0 Å². The van der Waals surface area contributed by atoms with Crippen LogP contribution in [-0.2, 0) is 4.74 Å². The number of aromatic amines is 1. The molecule has 0 bridgehead atoms. The Balaban J connectivity index is 2.34. The molecule has 0 saturated carbocycles. The zero-order chi connectivity index (χ0) is 11.5. The number of aromatic nitrogens is 2. The fraction of sp³-hybridized carbons (Fsp3) is 0.200. The normalized spacial score (nSPS) is 10.4. The second kappa shape index (κ2) is 4.18. The average molecular weight is 223 g/mol. The van der Waals surface area contributed by atoms with E-state index >= 15 is 0 Å². The summed E-state index contributed by atoms with van der Waals surface area (Å²) < 4.78 is 18.1. The molecule has 0 saturated heterocycles. The lowest BCUT2D eigenvalue weighted by Crippen LogP contribution is -2.13. The first-order valence-corrected chi connectivity index (χ1v) is 4.78. The molecule has 2 N–H and O–H groups in total. The third-order valence-corrected chi connectivity index (χ3v) is 2.03. The zero-order valence-electron chi connectivity index (χ0n) is 8.58. The summed E-state index contributed by atoms with van der Waals surface area (Å²) in [5, 5.41) is 9.03. The van der Waals surface area contributed by atoms with Crippen LogP contribution in [0, 0.1) is 5.82 Å². The molecule has 0 fully saturated rings. The first kappa shape index (κ1) is 10.4. The fourth-order valence-electron chi connectivity index (χ4n) is 1.38. The number of hydrogen-bond donors (Lipinski definition) is 2. The second-order valence-electron chi connectivity index (χ2n) is 3.08. The predicted molar refractivity (Wildman–Crippen MR) is 56.7 cm³/mol. The van der Waals surface area contributed by atoms with Crippen molar-refractivity contribution in [3.05, 3.63) is 24.0 Å². The number of carbonyl (C=O) groups is 1. The van der Waals surface area contributed by atoms with E-state index in [1.165, 1.54) is 6.07 Å². The molecule has 0 aliphatic heterocycles. The first-order chi connectivity index (χ1) is 7.72.